The van der Waals surface area contributed by atoms with E-state index in [1.807, 2.05) is 12.1 Å². The van der Waals surface area contributed by atoms with Crippen molar-refractivity contribution >= 4 is 32.9 Å². The van der Waals surface area contributed by atoms with Crippen LogP contribution in [-0.2, 0) is 0 Å². The number of nitrogen functional groups attached to an aromatic ring is 1. The maximum Gasteiger partial charge on any atom is 0.106 e. The molecule has 0 aliphatic carbocycles. The average Bonchev–Trinajstić information content (AvgIpc) is 2.82. The predicted molar refractivity (Wildman–Crippen MR) is 70.2 cm³/mol. The zero-order valence-electron chi connectivity index (χ0n) is 9.47. The Morgan fingerprint density at radius 1 is 1.41 bits per heavy atom. The Balaban J connectivity index is 2.39. The topological polar surface area (TPSA) is 91.4 Å². The average molecular weight is 253 g/mol. The highest BCUT2D eigenvalue weighted by Crippen LogP contribution is 2.31. The highest BCUT2D eigenvalue weighted by molar-refractivity contribution is 7.16. The van der Waals surface area contributed by atoms with Crippen LogP contribution in [0.3, 0.4) is 0 Å². The molecule has 5 nitrogen and oxygen atoms in total. The van der Waals surface area contributed by atoms with Gasteiger partial charge in [0.1, 0.15) is 5.52 Å². The molecule has 17 heavy (non-hydrogen) atoms. The van der Waals surface area contributed by atoms with E-state index in [9.17, 15) is 10.2 Å². The lowest BCUT2D eigenvalue weighted by Crippen LogP contribution is -2.42. The molecule has 0 amide bonds. The van der Waals surface area contributed by atoms with E-state index in [-0.39, 0.29) is 13.2 Å². The number of nitrogens with two attached hydrogens (primary N) is 1. The van der Waals surface area contributed by atoms with E-state index in [2.05, 4.69) is 10.3 Å². The maximum atomic E-state index is 9.23. The van der Waals surface area contributed by atoms with E-state index in [0.29, 0.717) is 11.4 Å². The Labute approximate surface area is 103 Å². The smallest absolute Gasteiger partial charge is 0.106 e. The summed E-state index contributed by atoms with van der Waals surface area (Å²) in [5.74, 6) is 0. The molecule has 2 aromatic rings. The molecule has 0 bridgehead atoms. The fraction of sp³-hybridized carbons (Fsp3) is 0.364. The first-order valence-corrected chi connectivity index (χ1v) is 6.09. The molecule has 0 aliphatic rings. The van der Waals surface area contributed by atoms with Crippen molar-refractivity contribution in [2.24, 2.45) is 0 Å². The fourth-order valence-corrected chi connectivity index (χ4v) is 2.21. The van der Waals surface area contributed by atoms with Crippen molar-refractivity contribution in [3.8, 4) is 0 Å². The van der Waals surface area contributed by atoms with E-state index in [1.165, 1.54) is 11.3 Å². The van der Waals surface area contributed by atoms with Gasteiger partial charge in [-0.05, 0) is 19.1 Å². The molecule has 2 rings (SSSR count). The lowest BCUT2D eigenvalue weighted by molar-refractivity contribution is 0.147. The minimum atomic E-state index is -0.794. The van der Waals surface area contributed by atoms with Crippen LogP contribution in [0.25, 0.3) is 10.2 Å². The SMILES string of the molecule is CC(CO)(CO)Nc1ccc2scnc2c1N. The Hall–Kier alpha value is -1.37. The van der Waals surface area contributed by atoms with Gasteiger partial charge >= 0.3 is 0 Å². The van der Waals surface area contributed by atoms with Gasteiger partial charge in [0.2, 0.25) is 0 Å². The van der Waals surface area contributed by atoms with Crippen molar-refractivity contribution in [3.63, 3.8) is 0 Å². The number of fused-ring (bicyclic) bond motifs is 1. The lowest BCUT2D eigenvalue weighted by Gasteiger charge is -2.28. The number of aliphatic hydroxyl groups excluding tert-OH is 2. The van der Waals surface area contributed by atoms with Crippen LogP contribution in [0.2, 0.25) is 0 Å². The molecule has 0 atom stereocenters. The van der Waals surface area contributed by atoms with Gasteiger partial charge in [0, 0.05) is 0 Å². The number of rotatable bonds is 4. The summed E-state index contributed by atoms with van der Waals surface area (Å²) in [4.78, 5) is 4.19. The summed E-state index contributed by atoms with van der Waals surface area (Å²) in [5, 5.41) is 21.5. The third kappa shape index (κ3) is 2.19. The van der Waals surface area contributed by atoms with Crippen molar-refractivity contribution in [3.05, 3.63) is 17.6 Å². The van der Waals surface area contributed by atoms with E-state index in [4.69, 9.17) is 5.73 Å². The van der Waals surface area contributed by atoms with Crippen molar-refractivity contribution in [1.29, 1.82) is 0 Å². The number of aromatic nitrogens is 1. The Kier molecular flexibility index (Phi) is 3.19. The van der Waals surface area contributed by atoms with Gasteiger partial charge in [0.15, 0.2) is 0 Å². The summed E-state index contributed by atoms with van der Waals surface area (Å²) < 4.78 is 1.02. The van der Waals surface area contributed by atoms with Crippen LogP contribution in [0.1, 0.15) is 6.92 Å². The molecular formula is C11H15N3O2S. The second kappa shape index (κ2) is 4.48. The summed E-state index contributed by atoms with van der Waals surface area (Å²) in [6.07, 6.45) is 0. The quantitative estimate of drug-likeness (QED) is 0.611. The first kappa shape index (κ1) is 12.1. The molecule has 1 heterocycles. The summed E-state index contributed by atoms with van der Waals surface area (Å²) in [6.45, 7) is 1.35. The van der Waals surface area contributed by atoms with Crippen LogP contribution < -0.4 is 11.1 Å². The molecule has 0 radical (unpaired) electrons. The molecule has 0 unspecified atom stereocenters. The number of hydrogen-bond donors (Lipinski definition) is 4. The number of anilines is 2. The van der Waals surface area contributed by atoms with Crippen molar-refractivity contribution in [2.75, 3.05) is 24.3 Å². The summed E-state index contributed by atoms with van der Waals surface area (Å²) in [5.41, 5.74) is 8.90. The van der Waals surface area contributed by atoms with Gasteiger partial charge in [-0.3, -0.25) is 0 Å². The highest BCUT2D eigenvalue weighted by atomic mass is 32.1. The van der Waals surface area contributed by atoms with Crippen molar-refractivity contribution in [2.45, 2.75) is 12.5 Å². The van der Waals surface area contributed by atoms with Gasteiger partial charge in [-0.15, -0.1) is 11.3 Å². The monoisotopic (exact) mass is 253 g/mol. The Bertz CT molecular complexity index is 522. The fourth-order valence-electron chi connectivity index (χ4n) is 1.52. The Morgan fingerprint density at radius 3 is 2.76 bits per heavy atom. The molecule has 6 heteroatoms. The number of benzene rings is 1. The molecule has 0 fully saturated rings. The third-order valence-corrected chi connectivity index (χ3v) is 3.47. The molecule has 0 saturated carbocycles. The van der Waals surface area contributed by atoms with Crippen LogP contribution in [-0.4, -0.2) is 33.9 Å². The zero-order valence-corrected chi connectivity index (χ0v) is 10.3. The second-order valence-corrected chi connectivity index (χ2v) is 5.11. The van der Waals surface area contributed by atoms with Gasteiger partial charge in [-0.25, -0.2) is 4.98 Å². The van der Waals surface area contributed by atoms with Crippen LogP contribution in [0.4, 0.5) is 11.4 Å². The van der Waals surface area contributed by atoms with E-state index < -0.39 is 5.54 Å². The van der Waals surface area contributed by atoms with Gasteiger partial charge in [0.25, 0.3) is 0 Å². The highest BCUT2D eigenvalue weighted by Gasteiger charge is 2.23. The van der Waals surface area contributed by atoms with E-state index in [0.717, 1.165) is 10.2 Å². The molecule has 0 aliphatic heterocycles. The number of aliphatic hydroxyl groups is 2. The summed E-state index contributed by atoms with van der Waals surface area (Å²) >= 11 is 1.52. The van der Waals surface area contributed by atoms with Gasteiger partial charge < -0.3 is 21.3 Å². The molecule has 92 valence electrons. The second-order valence-electron chi connectivity index (χ2n) is 4.23. The largest absolute Gasteiger partial charge is 0.395 e. The summed E-state index contributed by atoms with van der Waals surface area (Å²) in [7, 11) is 0. The molecule has 5 N–H and O–H groups in total. The van der Waals surface area contributed by atoms with Crippen LogP contribution in [0, 0.1) is 0 Å². The number of hydrogen-bond acceptors (Lipinski definition) is 6. The van der Waals surface area contributed by atoms with Crippen LogP contribution >= 0.6 is 11.3 Å². The van der Waals surface area contributed by atoms with Crippen molar-refractivity contribution in [1.82, 2.24) is 4.98 Å². The van der Waals surface area contributed by atoms with Crippen LogP contribution in [0.5, 0.6) is 0 Å². The third-order valence-electron chi connectivity index (χ3n) is 2.68. The first-order chi connectivity index (χ1) is 8.09. The van der Waals surface area contributed by atoms with E-state index in [1.54, 1.807) is 12.4 Å². The number of thiazole rings is 1. The zero-order chi connectivity index (χ0) is 12.5. The first-order valence-electron chi connectivity index (χ1n) is 5.21. The van der Waals surface area contributed by atoms with Crippen molar-refractivity contribution < 1.29 is 10.2 Å². The Morgan fingerprint density at radius 2 is 2.12 bits per heavy atom. The van der Waals surface area contributed by atoms with Crippen LogP contribution in [0.15, 0.2) is 17.6 Å². The maximum absolute atomic E-state index is 9.23. The van der Waals surface area contributed by atoms with Gasteiger partial charge in [-0.2, -0.15) is 0 Å². The molecule has 0 saturated heterocycles. The molecule has 1 aromatic carbocycles. The van der Waals surface area contributed by atoms with Gasteiger partial charge in [-0.1, -0.05) is 0 Å². The minimum Gasteiger partial charge on any atom is -0.395 e. The predicted octanol–water partition coefficient (Wildman–Crippen LogP) is 1.03. The van der Waals surface area contributed by atoms with E-state index >= 15 is 0 Å². The number of nitrogens with one attached hydrogen (secondary N) is 1. The molecule has 1 aromatic heterocycles. The number of nitrogens with zero attached hydrogens (tertiary/aromatic N) is 1. The minimum absolute atomic E-state index is 0.182. The van der Waals surface area contributed by atoms with Gasteiger partial charge in [0.05, 0.1) is 40.3 Å². The lowest BCUT2D eigenvalue weighted by atomic mass is 10.0. The molecule has 0 spiro atoms. The summed E-state index contributed by atoms with van der Waals surface area (Å²) in [6, 6.07) is 3.75. The normalized spacial score (nSPS) is 11.9. The molecular weight excluding hydrogens is 238 g/mol. The standard InChI is InChI=1S/C11H15N3O2S/c1-11(4-15,5-16)14-7-2-3-8-10(9(7)12)13-6-17-8/h2-3,6,14-16H,4-5,12H2,1H3.